The number of aromatic nitrogens is 3. The highest BCUT2D eigenvalue weighted by Crippen LogP contribution is 2.39. The number of pyridine rings is 3. The fourth-order valence-electron chi connectivity index (χ4n) is 3.78. The van der Waals surface area contributed by atoms with Gasteiger partial charge in [0.25, 0.3) is 0 Å². The van der Waals surface area contributed by atoms with Gasteiger partial charge in [0, 0.05) is 42.0 Å². The molecule has 1 saturated heterocycles. The lowest BCUT2D eigenvalue weighted by Crippen LogP contribution is -2.36. The second kappa shape index (κ2) is 7.48. The minimum absolute atomic E-state index is 0.692. The lowest BCUT2D eigenvalue weighted by molar-refractivity contribution is 0.122. The molecule has 0 radical (unpaired) electrons. The highest BCUT2D eigenvalue weighted by atomic mass is 16.5. The molecule has 0 amide bonds. The molecule has 1 aromatic carbocycles. The first-order valence-corrected chi connectivity index (χ1v) is 9.69. The Morgan fingerprint density at radius 2 is 1.79 bits per heavy atom. The quantitative estimate of drug-likeness (QED) is 0.580. The standard InChI is InChI=1S/C23H21N5O/c24-22-18-5-1-2-6-19(18)27-23(20-7-3-4-8-26-20)21(22)16-13-17(15-25-14-16)28-9-11-29-12-10-28/h1-8,13-15H,9-12H2,(H2,24,27). The Bertz CT molecular complexity index is 1160. The molecule has 0 aliphatic carbocycles. The molecular formula is C23H21N5O. The fraction of sp³-hybridized carbons (Fsp3) is 0.174. The topological polar surface area (TPSA) is 77.2 Å². The van der Waals surface area contributed by atoms with Crippen molar-refractivity contribution in [1.82, 2.24) is 15.0 Å². The van der Waals surface area contributed by atoms with Crippen LogP contribution in [-0.4, -0.2) is 41.3 Å². The van der Waals surface area contributed by atoms with Crippen molar-refractivity contribution >= 4 is 22.3 Å². The minimum atomic E-state index is 0.692. The highest BCUT2D eigenvalue weighted by Gasteiger charge is 2.19. The smallest absolute Gasteiger partial charge is 0.0993 e. The number of rotatable bonds is 3. The van der Waals surface area contributed by atoms with E-state index >= 15 is 0 Å². The number of nitrogens with two attached hydrogens (primary N) is 1. The maximum absolute atomic E-state index is 6.69. The summed E-state index contributed by atoms with van der Waals surface area (Å²) in [6.07, 6.45) is 5.51. The summed E-state index contributed by atoms with van der Waals surface area (Å²) in [7, 11) is 0. The van der Waals surface area contributed by atoms with Gasteiger partial charge in [-0.2, -0.15) is 0 Å². The number of morpholine rings is 1. The zero-order valence-electron chi connectivity index (χ0n) is 16.0. The first-order chi connectivity index (χ1) is 14.3. The van der Waals surface area contributed by atoms with E-state index in [1.807, 2.05) is 54.9 Å². The van der Waals surface area contributed by atoms with Crippen molar-refractivity contribution in [3.63, 3.8) is 0 Å². The van der Waals surface area contributed by atoms with Crippen LogP contribution in [0, 0.1) is 0 Å². The molecule has 144 valence electrons. The van der Waals surface area contributed by atoms with Gasteiger partial charge < -0.3 is 15.4 Å². The summed E-state index contributed by atoms with van der Waals surface area (Å²) in [6, 6.07) is 15.9. The molecule has 6 heteroatoms. The Hall–Kier alpha value is -3.51. The lowest BCUT2D eigenvalue weighted by Gasteiger charge is -2.29. The Morgan fingerprint density at radius 3 is 2.62 bits per heavy atom. The number of anilines is 2. The second-order valence-electron chi connectivity index (χ2n) is 7.01. The van der Waals surface area contributed by atoms with Crippen molar-refractivity contribution in [2.45, 2.75) is 0 Å². The van der Waals surface area contributed by atoms with Crippen LogP contribution in [0.3, 0.4) is 0 Å². The zero-order chi connectivity index (χ0) is 19.6. The fourth-order valence-corrected chi connectivity index (χ4v) is 3.78. The molecule has 4 heterocycles. The summed E-state index contributed by atoms with van der Waals surface area (Å²) in [5, 5.41) is 0.930. The molecule has 0 spiro atoms. The van der Waals surface area contributed by atoms with Gasteiger partial charge in [0.1, 0.15) is 0 Å². The maximum atomic E-state index is 6.69. The predicted molar refractivity (Wildman–Crippen MR) is 116 cm³/mol. The van der Waals surface area contributed by atoms with Crippen LogP contribution in [0.5, 0.6) is 0 Å². The van der Waals surface area contributed by atoms with Crippen LogP contribution in [0.25, 0.3) is 33.4 Å². The summed E-state index contributed by atoms with van der Waals surface area (Å²) < 4.78 is 5.48. The molecule has 4 aromatic rings. The zero-order valence-corrected chi connectivity index (χ0v) is 16.0. The summed E-state index contributed by atoms with van der Waals surface area (Å²) in [6.45, 7) is 3.15. The first-order valence-electron chi connectivity index (χ1n) is 9.69. The number of nitrogens with zero attached hydrogens (tertiary/aromatic N) is 4. The molecule has 1 fully saturated rings. The number of ether oxygens (including phenoxy) is 1. The third-order valence-corrected chi connectivity index (χ3v) is 5.23. The van der Waals surface area contributed by atoms with Gasteiger partial charge in [-0.05, 0) is 24.3 Å². The third-order valence-electron chi connectivity index (χ3n) is 5.23. The number of fused-ring (bicyclic) bond motifs is 1. The van der Waals surface area contributed by atoms with Crippen LogP contribution in [0.4, 0.5) is 11.4 Å². The Balaban J connectivity index is 1.73. The predicted octanol–water partition coefficient (Wildman–Crippen LogP) is 3.78. The van der Waals surface area contributed by atoms with Crippen LogP contribution in [0.15, 0.2) is 67.1 Å². The van der Waals surface area contributed by atoms with Gasteiger partial charge >= 0.3 is 0 Å². The van der Waals surface area contributed by atoms with E-state index in [9.17, 15) is 0 Å². The van der Waals surface area contributed by atoms with E-state index in [0.29, 0.717) is 5.69 Å². The van der Waals surface area contributed by atoms with Crippen LogP contribution in [0.2, 0.25) is 0 Å². The Labute approximate surface area is 169 Å². The summed E-state index contributed by atoms with van der Waals surface area (Å²) in [4.78, 5) is 16.2. The van der Waals surface area contributed by atoms with E-state index in [1.165, 1.54) is 0 Å². The van der Waals surface area contributed by atoms with Gasteiger partial charge in [0.15, 0.2) is 0 Å². The lowest BCUT2D eigenvalue weighted by atomic mass is 9.98. The molecule has 0 bridgehead atoms. The average molecular weight is 383 g/mol. The van der Waals surface area contributed by atoms with Gasteiger partial charge in [-0.15, -0.1) is 0 Å². The van der Waals surface area contributed by atoms with E-state index in [4.69, 9.17) is 15.5 Å². The van der Waals surface area contributed by atoms with Crippen LogP contribution < -0.4 is 10.6 Å². The van der Waals surface area contributed by atoms with Crippen molar-refractivity contribution in [2.24, 2.45) is 0 Å². The molecule has 5 rings (SSSR count). The molecular weight excluding hydrogens is 362 g/mol. The average Bonchev–Trinajstić information content (AvgIpc) is 2.80. The molecule has 1 aliphatic rings. The molecule has 1 aliphatic heterocycles. The van der Waals surface area contributed by atoms with Crippen molar-refractivity contribution in [3.05, 3.63) is 67.1 Å². The van der Waals surface area contributed by atoms with Crippen molar-refractivity contribution in [1.29, 1.82) is 0 Å². The van der Waals surface area contributed by atoms with E-state index in [1.54, 1.807) is 6.20 Å². The maximum Gasteiger partial charge on any atom is 0.0993 e. The molecule has 0 saturated carbocycles. The molecule has 0 unspecified atom stereocenters. The van der Waals surface area contributed by atoms with Gasteiger partial charge in [-0.25, -0.2) is 4.98 Å². The normalized spacial score (nSPS) is 14.3. The SMILES string of the molecule is Nc1c(-c2cncc(N3CCOCC3)c2)c(-c2ccccn2)nc2ccccc12. The molecule has 0 atom stereocenters. The van der Waals surface area contributed by atoms with Gasteiger partial charge in [0.05, 0.1) is 47.7 Å². The summed E-state index contributed by atoms with van der Waals surface area (Å²) in [5.41, 5.74) is 12.7. The number of benzene rings is 1. The molecule has 3 aromatic heterocycles. The number of hydrogen-bond acceptors (Lipinski definition) is 6. The highest BCUT2D eigenvalue weighted by molar-refractivity contribution is 6.03. The van der Waals surface area contributed by atoms with Crippen LogP contribution in [-0.2, 0) is 4.74 Å². The molecule has 2 N–H and O–H groups in total. The summed E-state index contributed by atoms with van der Waals surface area (Å²) >= 11 is 0. The third kappa shape index (κ3) is 3.28. The van der Waals surface area contributed by atoms with Crippen LogP contribution >= 0.6 is 0 Å². The van der Waals surface area contributed by atoms with E-state index < -0.39 is 0 Å². The first kappa shape index (κ1) is 17.6. The van der Waals surface area contributed by atoms with Crippen molar-refractivity contribution in [2.75, 3.05) is 36.9 Å². The Morgan fingerprint density at radius 1 is 0.966 bits per heavy atom. The summed E-state index contributed by atoms with van der Waals surface area (Å²) in [5.74, 6) is 0. The second-order valence-corrected chi connectivity index (χ2v) is 7.01. The minimum Gasteiger partial charge on any atom is -0.398 e. The van der Waals surface area contributed by atoms with Gasteiger partial charge in [-0.1, -0.05) is 24.3 Å². The van der Waals surface area contributed by atoms with Gasteiger partial charge in [0.2, 0.25) is 0 Å². The van der Waals surface area contributed by atoms with E-state index in [-0.39, 0.29) is 0 Å². The Kier molecular flexibility index (Phi) is 4.54. The molecule has 29 heavy (non-hydrogen) atoms. The van der Waals surface area contributed by atoms with Crippen molar-refractivity contribution in [3.8, 4) is 22.5 Å². The van der Waals surface area contributed by atoms with Gasteiger partial charge in [-0.3, -0.25) is 9.97 Å². The number of para-hydroxylation sites is 1. The monoisotopic (exact) mass is 383 g/mol. The van der Waals surface area contributed by atoms with Crippen LogP contribution in [0.1, 0.15) is 0 Å². The number of hydrogen-bond donors (Lipinski definition) is 1. The molecule has 6 nitrogen and oxygen atoms in total. The van der Waals surface area contributed by atoms with E-state index in [0.717, 1.165) is 65.4 Å². The largest absolute Gasteiger partial charge is 0.398 e. The number of nitrogen functional groups attached to an aromatic ring is 1. The van der Waals surface area contributed by atoms with Crippen molar-refractivity contribution < 1.29 is 4.74 Å². The van der Waals surface area contributed by atoms with E-state index in [2.05, 4.69) is 20.9 Å².